The molecule has 8 nitrogen and oxygen atoms in total. The summed E-state index contributed by atoms with van der Waals surface area (Å²) in [5, 5.41) is 17.5. The number of benzene rings is 1. The minimum absolute atomic E-state index is 0.109. The van der Waals surface area contributed by atoms with E-state index >= 15 is 0 Å². The van der Waals surface area contributed by atoms with Crippen molar-refractivity contribution in [2.75, 3.05) is 10.6 Å². The molecule has 0 radical (unpaired) electrons. The maximum atomic E-state index is 11.6. The Kier molecular flexibility index (Phi) is 4.51. The van der Waals surface area contributed by atoms with Crippen LogP contribution in [-0.4, -0.2) is 19.9 Å². The molecule has 3 rings (SSSR count). The number of hydrogen-bond acceptors (Lipinski definition) is 7. The number of aryl methyl sites for hydroxylation is 2. The molecule has 0 spiro atoms. The van der Waals surface area contributed by atoms with Gasteiger partial charge in [0.2, 0.25) is 11.6 Å². The molecule has 0 aliphatic carbocycles. The van der Waals surface area contributed by atoms with Gasteiger partial charge in [0.15, 0.2) is 0 Å². The molecule has 126 valence electrons. The molecule has 2 N–H and O–H groups in total. The number of nitrogens with zero attached hydrogens (tertiary/aromatic N) is 4. The molecule has 8 heteroatoms. The van der Waals surface area contributed by atoms with Crippen molar-refractivity contribution in [1.82, 2.24) is 15.0 Å². The van der Waals surface area contributed by atoms with Crippen molar-refractivity contribution >= 4 is 28.7 Å². The lowest BCUT2D eigenvalue weighted by Gasteiger charge is -2.11. The van der Waals surface area contributed by atoms with Crippen molar-refractivity contribution in [1.29, 1.82) is 0 Å². The van der Waals surface area contributed by atoms with Crippen LogP contribution in [0, 0.1) is 24.0 Å². The third-order valence-electron chi connectivity index (χ3n) is 3.72. The quantitative estimate of drug-likeness (QED) is 0.538. The van der Waals surface area contributed by atoms with Crippen molar-refractivity contribution in [2.45, 2.75) is 13.8 Å². The first-order valence-electron chi connectivity index (χ1n) is 7.55. The Labute approximate surface area is 144 Å². The second-order valence-electron chi connectivity index (χ2n) is 5.46. The van der Waals surface area contributed by atoms with Gasteiger partial charge in [-0.05, 0) is 49.2 Å². The Balaban J connectivity index is 1.97. The Bertz CT molecular complexity index is 914. The number of nitrogens with one attached hydrogen (secondary N) is 2. The van der Waals surface area contributed by atoms with Crippen molar-refractivity contribution in [3.8, 4) is 0 Å². The highest BCUT2D eigenvalue weighted by Gasteiger charge is 2.23. The van der Waals surface area contributed by atoms with Gasteiger partial charge in [-0.15, -0.1) is 0 Å². The van der Waals surface area contributed by atoms with Crippen LogP contribution < -0.4 is 10.6 Å². The zero-order chi connectivity index (χ0) is 17.8. The van der Waals surface area contributed by atoms with E-state index in [0.717, 1.165) is 16.8 Å². The van der Waals surface area contributed by atoms with Gasteiger partial charge in [-0.1, -0.05) is 6.07 Å². The lowest BCUT2D eigenvalue weighted by Crippen LogP contribution is -2.05. The van der Waals surface area contributed by atoms with Crippen LogP contribution in [-0.2, 0) is 0 Å². The Morgan fingerprint density at radius 3 is 2.16 bits per heavy atom. The average molecular weight is 336 g/mol. The molecule has 0 aliphatic heterocycles. The lowest BCUT2D eigenvalue weighted by molar-refractivity contribution is -0.383. The van der Waals surface area contributed by atoms with Crippen LogP contribution in [0.3, 0.4) is 0 Å². The highest BCUT2D eigenvalue weighted by Crippen LogP contribution is 2.33. The minimum Gasteiger partial charge on any atom is -0.334 e. The molecule has 0 amide bonds. The Hall–Kier alpha value is -3.55. The summed E-state index contributed by atoms with van der Waals surface area (Å²) in [6, 6.07) is 9.10. The summed E-state index contributed by atoms with van der Waals surface area (Å²) in [7, 11) is 0. The second kappa shape index (κ2) is 6.91. The van der Waals surface area contributed by atoms with E-state index in [1.807, 2.05) is 32.0 Å². The molecule has 0 aliphatic rings. The summed E-state index contributed by atoms with van der Waals surface area (Å²) in [5.74, 6) is 0.234. The largest absolute Gasteiger partial charge is 0.353 e. The fraction of sp³-hybridized carbons (Fsp3) is 0.118. The third-order valence-corrected chi connectivity index (χ3v) is 3.72. The fourth-order valence-corrected chi connectivity index (χ4v) is 2.26. The maximum Gasteiger partial charge on any atom is 0.353 e. The van der Waals surface area contributed by atoms with Gasteiger partial charge in [-0.3, -0.25) is 15.1 Å². The summed E-state index contributed by atoms with van der Waals surface area (Å²) in [6.07, 6.45) is 4.45. The molecule has 3 aromatic rings. The van der Waals surface area contributed by atoms with Crippen LogP contribution in [0.15, 0.2) is 49.1 Å². The Morgan fingerprint density at radius 2 is 1.56 bits per heavy atom. The molecule has 25 heavy (non-hydrogen) atoms. The molecular formula is C17H16N6O2. The molecule has 0 saturated carbocycles. The highest BCUT2D eigenvalue weighted by atomic mass is 16.6. The number of nitro groups is 1. The summed E-state index contributed by atoms with van der Waals surface area (Å²) in [4.78, 5) is 23.0. The summed E-state index contributed by atoms with van der Waals surface area (Å²) < 4.78 is 0. The summed E-state index contributed by atoms with van der Waals surface area (Å²) >= 11 is 0. The van der Waals surface area contributed by atoms with E-state index in [2.05, 4.69) is 25.6 Å². The number of aromatic nitrogens is 3. The predicted octanol–water partition coefficient (Wildman–Crippen LogP) is 3.88. The monoisotopic (exact) mass is 336 g/mol. The molecule has 0 fully saturated rings. The van der Waals surface area contributed by atoms with Crippen LogP contribution >= 0.6 is 0 Å². The predicted molar refractivity (Wildman–Crippen MR) is 95.4 cm³/mol. The smallest absolute Gasteiger partial charge is 0.334 e. The van der Waals surface area contributed by atoms with Crippen molar-refractivity contribution in [3.05, 3.63) is 70.3 Å². The van der Waals surface area contributed by atoms with E-state index in [0.29, 0.717) is 5.69 Å². The second-order valence-corrected chi connectivity index (χ2v) is 5.46. The van der Waals surface area contributed by atoms with Crippen LogP contribution in [0.5, 0.6) is 0 Å². The van der Waals surface area contributed by atoms with Gasteiger partial charge < -0.3 is 10.6 Å². The minimum atomic E-state index is -0.507. The molecule has 0 saturated heterocycles. The summed E-state index contributed by atoms with van der Waals surface area (Å²) in [6.45, 7) is 3.98. The van der Waals surface area contributed by atoms with Crippen molar-refractivity contribution in [3.63, 3.8) is 0 Å². The highest BCUT2D eigenvalue weighted by molar-refractivity contribution is 5.76. The standard InChI is InChI=1S/C17H16N6O2/c1-11-3-4-14(9-12(11)2)22-17-15(23(24)25)16(19-10-20-17)21-13-5-7-18-8-6-13/h3-10H,1-2H3,(H2,18,19,20,21,22). The normalized spacial score (nSPS) is 10.3. The van der Waals surface area contributed by atoms with Crippen LogP contribution in [0.2, 0.25) is 0 Å². The van der Waals surface area contributed by atoms with E-state index in [1.54, 1.807) is 24.5 Å². The molecule has 0 unspecified atom stereocenters. The van der Waals surface area contributed by atoms with Gasteiger partial charge in [0.1, 0.15) is 6.33 Å². The van der Waals surface area contributed by atoms with Gasteiger partial charge >= 0.3 is 5.69 Å². The number of anilines is 4. The maximum absolute atomic E-state index is 11.6. The van der Waals surface area contributed by atoms with E-state index in [9.17, 15) is 10.1 Å². The first-order chi connectivity index (χ1) is 12.0. The molecule has 1 aromatic carbocycles. The topological polar surface area (TPSA) is 106 Å². The van der Waals surface area contributed by atoms with E-state index in [-0.39, 0.29) is 17.3 Å². The molecule has 2 aromatic heterocycles. The van der Waals surface area contributed by atoms with Gasteiger partial charge in [0.25, 0.3) is 0 Å². The fourth-order valence-electron chi connectivity index (χ4n) is 2.26. The SMILES string of the molecule is Cc1ccc(Nc2ncnc(Nc3ccncc3)c2[N+](=O)[O-])cc1C. The first-order valence-corrected chi connectivity index (χ1v) is 7.55. The molecule has 2 heterocycles. The zero-order valence-electron chi connectivity index (χ0n) is 13.7. The van der Waals surface area contributed by atoms with Crippen LogP contribution in [0.4, 0.5) is 28.7 Å². The lowest BCUT2D eigenvalue weighted by atomic mass is 10.1. The summed E-state index contributed by atoms with van der Waals surface area (Å²) in [5.41, 5.74) is 3.37. The van der Waals surface area contributed by atoms with Crippen molar-refractivity contribution < 1.29 is 4.92 Å². The third kappa shape index (κ3) is 3.69. The number of pyridine rings is 1. The Morgan fingerprint density at radius 1 is 0.920 bits per heavy atom. The van der Waals surface area contributed by atoms with Gasteiger partial charge in [-0.25, -0.2) is 9.97 Å². The number of rotatable bonds is 5. The van der Waals surface area contributed by atoms with Gasteiger partial charge in [-0.2, -0.15) is 0 Å². The van der Waals surface area contributed by atoms with E-state index in [4.69, 9.17) is 0 Å². The van der Waals surface area contributed by atoms with Crippen LogP contribution in [0.25, 0.3) is 0 Å². The average Bonchev–Trinajstić information content (AvgIpc) is 2.59. The van der Waals surface area contributed by atoms with Gasteiger partial charge in [0, 0.05) is 23.8 Å². The molecular weight excluding hydrogens is 320 g/mol. The number of hydrogen-bond donors (Lipinski definition) is 2. The molecule has 0 bridgehead atoms. The van der Waals surface area contributed by atoms with Crippen molar-refractivity contribution in [2.24, 2.45) is 0 Å². The van der Waals surface area contributed by atoms with Crippen LogP contribution in [0.1, 0.15) is 11.1 Å². The van der Waals surface area contributed by atoms with Gasteiger partial charge in [0.05, 0.1) is 4.92 Å². The molecule has 0 atom stereocenters. The zero-order valence-corrected chi connectivity index (χ0v) is 13.7. The van der Waals surface area contributed by atoms with E-state index < -0.39 is 4.92 Å². The van der Waals surface area contributed by atoms with E-state index in [1.165, 1.54) is 6.33 Å². The first kappa shape index (κ1) is 16.3.